The van der Waals surface area contributed by atoms with Crippen LogP contribution in [-0.2, 0) is 0 Å². The maximum absolute atomic E-state index is 3.55. The molecule has 0 aliphatic heterocycles. The van der Waals surface area contributed by atoms with Crippen LogP contribution in [0.2, 0.25) is 0 Å². The van der Waals surface area contributed by atoms with Crippen LogP contribution < -0.4 is 4.90 Å². The molecule has 2 aromatic rings. The monoisotopic (exact) mass is 295 g/mol. The zero-order valence-electron chi connectivity index (χ0n) is 9.62. The highest BCUT2D eigenvalue weighted by atomic mass is 79.9. The van der Waals surface area contributed by atoms with Crippen LogP contribution in [-0.4, -0.2) is 14.1 Å². The van der Waals surface area contributed by atoms with Crippen molar-refractivity contribution in [1.82, 2.24) is 0 Å². The summed E-state index contributed by atoms with van der Waals surface area (Å²) in [5.74, 6) is 0. The minimum Gasteiger partial charge on any atom is -0.378 e. The lowest BCUT2D eigenvalue weighted by molar-refractivity contribution is 1.13. The van der Waals surface area contributed by atoms with Crippen LogP contribution >= 0.6 is 27.3 Å². The second-order valence-corrected chi connectivity index (χ2v) is 6.07. The second-order valence-electron chi connectivity index (χ2n) is 3.96. The summed E-state index contributed by atoms with van der Waals surface area (Å²) in [6.07, 6.45) is 0. The van der Waals surface area contributed by atoms with Crippen molar-refractivity contribution >= 4 is 33.0 Å². The summed E-state index contributed by atoms with van der Waals surface area (Å²) in [5, 5.41) is 0. The second kappa shape index (κ2) is 4.60. The summed E-state index contributed by atoms with van der Waals surface area (Å²) >= 11 is 5.37. The van der Waals surface area contributed by atoms with Gasteiger partial charge in [-0.3, -0.25) is 0 Å². The number of thiophene rings is 1. The molecule has 0 unspecified atom stereocenters. The summed E-state index contributed by atoms with van der Waals surface area (Å²) in [6, 6.07) is 10.8. The fourth-order valence-corrected chi connectivity index (χ4v) is 3.07. The highest BCUT2D eigenvalue weighted by Gasteiger charge is 2.05. The van der Waals surface area contributed by atoms with E-state index in [1.54, 1.807) is 0 Å². The molecule has 0 bridgehead atoms. The number of hydrogen-bond donors (Lipinski definition) is 0. The molecule has 1 heterocycles. The van der Waals surface area contributed by atoms with E-state index in [2.05, 4.69) is 72.2 Å². The van der Waals surface area contributed by atoms with Crippen LogP contribution in [0.25, 0.3) is 10.4 Å². The van der Waals surface area contributed by atoms with Gasteiger partial charge in [-0.1, -0.05) is 12.1 Å². The van der Waals surface area contributed by atoms with Crippen molar-refractivity contribution in [3.63, 3.8) is 0 Å². The van der Waals surface area contributed by atoms with E-state index in [0.29, 0.717) is 0 Å². The summed E-state index contributed by atoms with van der Waals surface area (Å²) in [7, 11) is 4.11. The van der Waals surface area contributed by atoms with Gasteiger partial charge in [0, 0.05) is 34.0 Å². The molecule has 0 atom stereocenters. The van der Waals surface area contributed by atoms with Crippen LogP contribution in [0.5, 0.6) is 0 Å². The first-order chi connectivity index (χ1) is 7.58. The Morgan fingerprint density at radius 3 is 2.19 bits per heavy atom. The highest BCUT2D eigenvalue weighted by Crippen LogP contribution is 2.34. The predicted octanol–water partition coefficient (Wildman–Crippen LogP) is 4.55. The number of halogens is 1. The Labute approximate surface area is 109 Å². The highest BCUT2D eigenvalue weighted by molar-refractivity contribution is 9.10. The molecule has 1 nitrogen and oxygen atoms in total. The molecule has 3 heteroatoms. The van der Waals surface area contributed by atoms with Gasteiger partial charge in [-0.15, -0.1) is 11.3 Å². The SMILES string of the molecule is Cc1sc(-c2ccc(N(C)C)cc2)cc1Br. The van der Waals surface area contributed by atoms with Gasteiger partial charge in [-0.2, -0.15) is 0 Å². The van der Waals surface area contributed by atoms with E-state index in [1.807, 2.05) is 11.3 Å². The Morgan fingerprint density at radius 1 is 1.12 bits per heavy atom. The average Bonchev–Trinajstić information content (AvgIpc) is 2.59. The van der Waals surface area contributed by atoms with Gasteiger partial charge in [0.25, 0.3) is 0 Å². The molecule has 84 valence electrons. The van der Waals surface area contributed by atoms with Gasteiger partial charge in [0.2, 0.25) is 0 Å². The first-order valence-electron chi connectivity index (χ1n) is 5.11. The minimum absolute atomic E-state index is 1.20. The number of aryl methyl sites for hydroxylation is 1. The Morgan fingerprint density at radius 2 is 1.75 bits per heavy atom. The van der Waals surface area contributed by atoms with Gasteiger partial charge in [-0.25, -0.2) is 0 Å². The van der Waals surface area contributed by atoms with E-state index in [-0.39, 0.29) is 0 Å². The number of hydrogen-bond acceptors (Lipinski definition) is 2. The molecule has 1 aromatic carbocycles. The van der Waals surface area contributed by atoms with Gasteiger partial charge in [-0.05, 0) is 46.6 Å². The summed E-state index contributed by atoms with van der Waals surface area (Å²) < 4.78 is 1.20. The zero-order chi connectivity index (χ0) is 11.7. The van der Waals surface area contributed by atoms with Crippen LogP contribution in [0, 0.1) is 6.92 Å². The van der Waals surface area contributed by atoms with E-state index < -0.39 is 0 Å². The molecule has 0 fully saturated rings. The molecule has 0 N–H and O–H groups in total. The maximum atomic E-state index is 3.55. The number of rotatable bonds is 2. The third kappa shape index (κ3) is 2.30. The third-order valence-electron chi connectivity index (χ3n) is 2.53. The third-order valence-corrected chi connectivity index (χ3v) is 4.71. The fourth-order valence-electron chi connectivity index (χ4n) is 1.53. The van der Waals surface area contributed by atoms with Gasteiger partial charge < -0.3 is 4.90 Å². The van der Waals surface area contributed by atoms with E-state index in [1.165, 1.54) is 25.5 Å². The first kappa shape index (κ1) is 11.7. The molecular formula is C13H14BrNS. The van der Waals surface area contributed by atoms with E-state index in [0.717, 1.165) is 0 Å². The van der Waals surface area contributed by atoms with Crippen molar-refractivity contribution in [3.05, 3.63) is 39.7 Å². The number of benzene rings is 1. The molecule has 0 amide bonds. The van der Waals surface area contributed by atoms with Crippen molar-refractivity contribution in [2.45, 2.75) is 6.92 Å². The van der Waals surface area contributed by atoms with Gasteiger partial charge in [0.05, 0.1) is 0 Å². The molecule has 0 aliphatic carbocycles. The number of nitrogens with zero attached hydrogens (tertiary/aromatic N) is 1. The molecule has 2 rings (SSSR count). The van der Waals surface area contributed by atoms with Crippen LogP contribution in [0.1, 0.15) is 4.88 Å². The molecule has 0 saturated carbocycles. The topological polar surface area (TPSA) is 3.24 Å². The van der Waals surface area contributed by atoms with Gasteiger partial charge >= 0.3 is 0 Å². The first-order valence-corrected chi connectivity index (χ1v) is 6.72. The minimum atomic E-state index is 1.20. The molecule has 0 saturated heterocycles. The molecule has 0 spiro atoms. The largest absolute Gasteiger partial charge is 0.378 e. The van der Waals surface area contributed by atoms with Crippen LogP contribution in [0.4, 0.5) is 5.69 Å². The lowest BCUT2D eigenvalue weighted by atomic mass is 10.1. The predicted molar refractivity (Wildman–Crippen MR) is 76.5 cm³/mol. The maximum Gasteiger partial charge on any atom is 0.0361 e. The normalized spacial score (nSPS) is 10.5. The van der Waals surface area contributed by atoms with Gasteiger partial charge in [0.15, 0.2) is 0 Å². The quantitative estimate of drug-likeness (QED) is 0.785. The lowest BCUT2D eigenvalue weighted by Gasteiger charge is -2.12. The van der Waals surface area contributed by atoms with Gasteiger partial charge in [0.1, 0.15) is 0 Å². The van der Waals surface area contributed by atoms with Crippen LogP contribution in [0.15, 0.2) is 34.8 Å². The van der Waals surface area contributed by atoms with Crippen molar-refractivity contribution in [2.75, 3.05) is 19.0 Å². The van der Waals surface area contributed by atoms with Crippen molar-refractivity contribution in [3.8, 4) is 10.4 Å². The summed E-state index contributed by atoms with van der Waals surface area (Å²) in [5.41, 5.74) is 2.51. The summed E-state index contributed by atoms with van der Waals surface area (Å²) in [4.78, 5) is 4.75. The van der Waals surface area contributed by atoms with Crippen molar-refractivity contribution in [1.29, 1.82) is 0 Å². The Hall–Kier alpha value is -0.800. The van der Waals surface area contributed by atoms with E-state index in [9.17, 15) is 0 Å². The molecule has 0 aliphatic rings. The standard InChI is InChI=1S/C13H14BrNS/c1-9-12(14)8-13(16-9)10-4-6-11(7-5-10)15(2)3/h4-8H,1-3H3. The lowest BCUT2D eigenvalue weighted by Crippen LogP contribution is -2.07. The molecule has 0 radical (unpaired) electrons. The van der Waals surface area contributed by atoms with E-state index >= 15 is 0 Å². The zero-order valence-corrected chi connectivity index (χ0v) is 12.0. The Balaban J connectivity index is 2.34. The van der Waals surface area contributed by atoms with Crippen molar-refractivity contribution < 1.29 is 0 Å². The molecule has 16 heavy (non-hydrogen) atoms. The number of anilines is 1. The van der Waals surface area contributed by atoms with Crippen LogP contribution in [0.3, 0.4) is 0 Å². The van der Waals surface area contributed by atoms with Crippen molar-refractivity contribution in [2.24, 2.45) is 0 Å². The average molecular weight is 296 g/mol. The summed E-state index contributed by atoms with van der Waals surface area (Å²) in [6.45, 7) is 2.13. The fraction of sp³-hybridized carbons (Fsp3) is 0.231. The Kier molecular flexibility index (Phi) is 3.36. The molecular weight excluding hydrogens is 282 g/mol. The van der Waals surface area contributed by atoms with E-state index in [4.69, 9.17) is 0 Å². The Bertz CT molecular complexity index is 466. The smallest absolute Gasteiger partial charge is 0.0361 e. The molecule has 1 aromatic heterocycles.